The highest BCUT2D eigenvalue weighted by Gasteiger charge is 2.18. The average molecular weight is 250 g/mol. The number of carbonyl (C=O) groups excluding carboxylic acids is 1. The fourth-order valence-electron chi connectivity index (χ4n) is 1.55. The van der Waals surface area contributed by atoms with Gasteiger partial charge in [-0.25, -0.2) is 4.79 Å². The van der Waals surface area contributed by atoms with E-state index in [4.69, 9.17) is 26.0 Å². The first-order chi connectivity index (χ1) is 8.13. The predicted octanol–water partition coefficient (Wildman–Crippen LogP) is 3.08. The fourth-order valence-corrected chi connectivity index (χ4v) is 1.72. The van der Waals surface area contributed by atoms with Crippen LogP contribution in [0.5, 0.6) is 0 Å². The number of nitriles is 1. The van der Waals surface area contributed by atoms with Crippen LogP contribution >= 0.6 is 11.6 Å². The van der Waals surface area contributed by atoms with Crippen molar-refractivity contribution in [3.05, 3.63) is 34.5 Å². The molecule has 0 radical (unpaired) electrons. The van der Waals surface area contributed by atoms with E-state index in [-0.39, 0.29) is 12.4 Å². The topological polar surface area (TPSA) is 63.2 Å². The van der Waals surface area contributed by atoms with Gasteiger partial charge in [-0.15, -0.1) is 0 Å². The molecule has 4 nitrogen and oxygen atoms in total. The smallest absolute Gasteiger partial charge is 0.375 e. The summed E-state index contributed by atoms with van der Waals surface area (Å²) in [4.78, 5) is 11.6. The SMILES string of the molecule is Cc1c(C(=O)OCC#N)oc2ccc(Cl)cc12. The molecule has 0 amide bonds. The molecule has 0 bridgehead atoms. The van der Waals surface area contributed by atoms with Crippen LogP contribution in [0.3, 0.4) is 0 Å². The van der Waals surface area contributed by atoms with E-state index in [9.17, 15) is 4.79 Å². The monoisotopic (exact) mass is 249 g/mol. The molecule has 0 aliphatic heterocycles. The molecule has 0 aliphatic rings. The third kappa shape index (κ3) is 2.10. The van der Waals surface area contributed by atoms with Gasteiger partial charge in [-0.1, -0.05) is 11.6 Å². The van der Waals surface area contributed by atoms with E-state index in [2.05, 4.69) is 0 Å². The fraction of sp³-hybridized carbons (Fsp3) is 0.167. The maximum absolute atomic E-state index is 11.6. The molecule has 0 aliphatic carbocycles. The number of hydrogen-bond acceptors (Lipinski definition) is 4. The van der Waals surface area contributed by atoms with Crippen LogP contribution in [0.4, 0.5) is 0 Å². The van der Waals surface area contributed by atoms with Crippen molar-refractivity contribution >= 4 is 28.5 Å². The van der Waals surface area contributed by atoms with Crippen molar-refractivity contribution in [1.29, 1.82) is 5.26 Å². The van der Waals surface area contributed by atoms with Crippen LogP contribution in [0.1, 0.15) is 16.1 Å². The molecule has 0 saturated carbocycles. The molecule has 2 aromatic rings. The van der Waals surface area contributed by atoms with Gasteiger partial charge >= 0.3 is 5.97 Å². The van der Waals surface area contributed by atoms with Crippen LogP contribution in [0.25, 0.3) is 11.0 Å². The third-order valence-electron chi connectivity index (χ3n) is 2.35. The zero-order chi connectivity index (χ0) is 12.4. The van der Waals surface area contributed by atoms with Crippen molar-refractivity contribution in [2.45, 2.75) is 6.92 Å². The van der Waals surface area contributed by atoms with Gasteiger partial charge in [0.25, 0.3) is 0 Å². The Kier molecular flexibility index (Phi) is 3.03. The summed E-state index contributed by atoms with van der Waals surface area (Å²) in [6.45, 7) is 1.45. The van der Waals surface area contributed by atoms with Crippen molar-refractivity contribution in [3.63, 3.8) is 0 Å². The second-order valence-electron chi connectivity index (χ2n) is 3.43. The number of aryl methyl sites for hydroxylation is 1. The van der Waals surface area contributed by atoms with Crippen molar-refractivity contribution in [2.24, 2.45) is 0 Å². The molecule has 0 fully saturated rings. The van der Waals surface area contributed by atoms with E-state index < -0.39 is 5.97 Å². The lowest BCUT2D eigenvalue weighted by atomic mass is 10.1. The maximum atomic E-state index is 11.6. The van der Waals surface area contributed by atoms with Gasteiger partial charge in [0.2, 0.25) is 5.76 Å². The Labute approximate surface area is 102 Å². The van der Waals surface area contributed by atoms with Gasteiger partial charge in [-0.3, -0.25) is 0 Å². The number of furan rings is 1. The Morgan fingerprint density at radius 2 is 2.35 bits per heavy atom. The molecular weight excluding hydrogens is 242 g/mol. The van der Waals surface area contributed by atoms with E-state index in [1.807, 2.05) is 0 Å². The lowest BCUT2D eigenvalue weighted by Gasteiger charge is -1.96. The lowest BCUT2D eigenvalue weighted by Crippen LogP contribution is -2.05. The number of nitrogens with zero attached hydrogens (tertiary/aromatic N) is 1. The van der Waals surface area contributed by atoms with Gasteiger partial charge in [-0.2, -0.15) is 5.26 Å². The van der Waals surface area contributed by atoms with E-state index in [1.54, 1.807) is 31.2 Å². The number of carbonyl (C=O) groups is 1. The van der Waals surface area contributed by atoms with Crippen LogP contribution < -0.4 is 0 Å². The molecule has 0 spiro atoms. The molecule has 17 heavy (non-hydrogen) atoms. The minimum Gasteiger partial charge on any atom is -0.449 e. The Morgan fingerprint density at radius 1 is 1.59 bits per heavy atom. The van der Waals surface area contributed by atoms with Gasteiger partial charge in [-0.05, 0) is 25.1 Å². The Hall–Kier alpha value is -1.99. The molecule has 0 N–H and O–H groups in total. The lowest BCUT2D eigenvalue weighted by molar-refractivity contribution is 0.0520. The molecule has 1 heterocycles. The van der Waals surface area contributed by atoms with Crippen molar-refractivity contribution in [1.82, 2.24) is 0 Å². The first-order valence-corrected chi connectivity index (χ1v) is 5.24. The molecule has 1 aromatic heterocycles. The number of hydrogen-bond donors (Lipinski definition) is 0. The third-order valence-corrected chi connectivity index (χ3v) is 2.59. The summed E-state index contributed by atoms with van der Waals surface area (Å²) in [7, 11) is 0. The number of esters is 1. The second-order valence-corrected chi connectivity index (χ2v) is 3.87. The van der Waals surface area contributed by atoms with Gasteiger partial charge in [0.15, 0.2) is 6.61 Å². The largest absolute Gasteiger partial charge is 0.449 e. The maximum Gasteiger partial charge on any atom is 0.375 e. The first kappa shape index (κ1) is 11.5. The number of ether oxygens (including phenoxy) is 1. The van der Waals surface area contributed by atoms with Gasteiger partial charge in [0.05, 0.1) is 0 Å². The van der Waals surface area contributed by atoms with Gasteiger partial charge < -0.3 is 9.15 Å². The number of halogens is 1. The number of rotatable bonds is 2. The normalized spacial score (nSPS) is 10.2. The molecular formula is C12H8ClNO3. The van der Waals surface area contributed by atoms with Crippen LogP contribution in [0.15, 0.2) is 22.6 Å². The summed E-state index contributed by atoms with van der Waals surface area (Å²) in [5, 5.41) is 9.67. The Balaban J connectivity index is 2.46. The van der Waals surface area contributed by atoms with E-state index >= 15 is 0 Å². The van der Waals surface area contributed by atoms with Gasteiger partial charge in [0.1, 0.15) is 11.7 Å². The highest BCUT2D eigenvalue weighted by molar-refractivity contribution is 6.31. The molecule has 0 saturated heterocycles. The summed E-state index contributed by atoms with van der Waals surface area (Å²) in [6, 6.07) is 6.81. The van der Waals surface area contributed by atoms with Crippen molar-refractivity contribution in [2.75, 3.05) is 6.61 Å². The standard InChI is InChI=1S/C12H8ClNO3/c1-7-9-6-8(13)2-3-10(9)17-11(7)12(15)16-5-4-14/h2-3,6H,5H2,1H3. The first-order valence-electron chi connectivity index (χ1n) is 4.86. The van der Waals surface area contributed by atoms with Crippen LogP contribution in [-0.2, 0) is 4.74 Å². The second kappa shape index (κ2) is 4.48. The summed E-state index contributed by atoms with van der Waals surface area (Å²) in [5.74, 6) is -0.533. The van der Waals surface area contributed by atoms with Crippen molar-refractivity contribution in [3.8, 4) is 6.07 Å². The van der Waals surface area contributed by atoms with Gasteiger partial charge in [0, 0.05) is 16.0 Å². The Bertz CT molecular complexity index is 624. The molecule has 86 valence electrons. The molecule has 1 aromatic carbocycles. The summed E-state index contributed by atoms with van der Waals surface area (Å²) in [5.41, 5.74) is 1.22. The van der Waals surface area contributed by atoms with Crippen LogP contribution in [0.2, 0.25) is 5.02 Å². The van der Waals surface area contributed by atoms with Crippen molar-refractivity contribution < 1.29 is 13.9 Å². The number of benzene rings is 1. The quantitative estimate of drug-likeness (QED) is 0.768. The minimum absolute atomic E-state index is 0.109. The molecule has 0 unspecified atom stereocenters. The summed E-state index contributed by atoms with van der Waals surface area (Å²) >= 11 is 5.86. The predicted molar refractivity (Wildman–Crippen MR) is 61.9 cm³/mol. The highest BCUT2D eigenvalue weighted by Crippen LogP contribution is 2.28. The molecule has 0 atom stereocenters. The zero-order valence-corrected chi connectivity index (χ0v) is 9.75. The minimum atomic E-state index is -0.642. The summed E-state index contributed by atoms with van der Waals surface area (Å²) in [6.07, 6.45) is 0. The Morgan fingerprint density at radius 3 is 3.06 bits per heavy atom. The zero-order valence-electron chi connectivity index (χ0n) is 8.99. The number of fused-ring (bicyclic) bond motifs is 1. The highest BCUT2D eigenvalue weighted by atomic mass is 35.5. The van der Waals surface area contributed by atoms with E-state index in [1.165, 1.54) is 0 Å². The average Bonchev–Trinajstić information content (AvgIpc) is 2.64. The molecule has 2 rings (SSSR count). The van der Waals surface area contributed by atoms with E-state index in [0.717, 1.165) is 5.39 Å². The van der Waals surface area contributed by atoms with Crippen LogP contribution in [-0.4, -0.2) is 12.6 Å². The van der Waals surface area contributed by atoms with Crippen LogP contribution in [0, 0.1) is 18.3 Å². The summed E-state index contributed by atoms with van der Waals surface area (Å²) < 4.78 is 10.1. The van der Waals surface area contributed by atoms with E-state index in [0.29, 0.717) is 16.2 Å². The molecule has 5 heteroatoms.